The van der Waals surface area contributed by atoms with Crippen LogP contribution in [0.25, 0.3) is 11.1 Å². The quantitative estimate of drug-likeness (QED) is 0.434. The largest absolute Gasteiger partial charge is 0.482 e. The van der Waals surface area contributed by atoms with Crippen LogP contribution in [0, 0.1) is 0 Å². The van der Waals surface area contributed by atoms with Crippen LogP contribution in [0.4, 0.5) is 0 Å². The summed E-state index contributed by atoms with van der Waals surface area (Å²) in [5.41, 5.74) is 2.61. The van der Waals surface area contributed by atoms with E-state index in [4.69, 9.17) is 14.3 Å². The molecule has 2 heterocycles. The maximum Gasteiger partial charge on any atom is 0.417 e. The number of nitrogens with one attached hydrogen (secondary N) is 2. The molecule has 1 aromatic heterocycles. The second kappa shape index (κ2) is 11.0. The number of aromatic amines is 1. The van der Waals surface area contributed by atoms with Crippen LogP contribution >= 0.6 is 12.4 Å². The number of H-pyrrole nitrogens is 1. The Morgan fingerprint density at radius 1 is 1.18 bits per heavy atom. The maximum absolute atomic E-state index is 12.9. The van der Waals surface area contributed by atoms with Gasteiger partial charge in [-0.25, -0.2) is 9.59 Å². The van der Waals surface area contributed by atoms with E-state index in [1.807, 2.05) is 6.07 Å². The van der Waals surface area contributed by atoms with Crippen molar-refractivity contribution in [3.8, 4) is 5.75 Å². The molecule has 176 valence electrons. The number of nitrogens with zero attached hydrogens (tertiary/aromatic N) is 1. The van der Waals surface area contributed by atoms with Crippen molar-refractivity contribution in [2.75, 3.05) is 26.2 Å². The van der Waals surface area contributed by atoms with Crippen LogP contribution in [-0.2, 0) is 16.0 Å². The van der Waals surface area contributed by atoms with Crippen LogP contribution in [-0.4, -0.2) is 53.1 Å². The van der Waals surface area contributed by atoms with Crippen LogP contribution < -0.4 is 15.8 Å². The van der Waals surface area contributed by atoms with E-state index in [1.165, 1.54) is 0 Å². The van der Waals surface area contributed by atoms with Gasteiger partial charge in [-0.2, -0.15) is 0 Å². The molecule has 3 aromatic rings. The summed E-state index contributed by atoms with van der Waals surface area (Å²) in [6, 6.07) is 12.0. The molecule has 0 spiro atoms. The van der Waals surface area contributed by atoms with Crippen LogP contribution in [0.3, 0.4) is 0 Å². The van der Waals surface area contributed by atoms with Gasteiger partial charge in [0.15, 0.2) is 12.2 Å². The van der Waals surface area contributed by atoms with Gasteiger partial charge in [-0.05, 0) is 61.3 Å². The number of ether oxygens (including phenoxy) is 1. The fourth-order valence-corrected chi connectivity index (χ4v) is 3.96. The van der Waals surface area contributed by atoms with E-state index in [0.717, 1.165) is 37.1 Å². The standard InChI is InChI=1S/C23H25N3O6.ClH/c27-21(11-15-6-7-20-18(10-15)25-23(30)32-20)24-19(13-26-8-1-2-9-26)16-4-3-5-17(12-16)31-14-22(28)29;/h3-7,10,12,19H,1-2,8-9,11,13-14H2,(H,24,27)(H,25,30)(H,28,29);1H. The van der Waals surface area contributed by atoms with Gasteiger partial charge in [0, 0.05) is 6.54 Å². The number of likely N-dealkylation sites (tertiary alicyclic amines) is 1. The minimum atomic E-state index is -1.05. The lowest BCUT2D eigenvalue weighted by Gasteiger charge is -2.25. The van der Waals surface area contributed by atoms with Crippen LogP contribution in [0.15, 0.2) is 51.7 Å². The number of hydrogen-bond donors (Lipinski definition) is 3. The summed E-state index contributed by atoms with van der Waals surface area (Å²) in [5, 5.41) is 12.0. The molecule has 10 heteroatoms. The maximum atomic E-state index is 12.9. The first-order chi connectivity index (χ1) is 15.5. The lowest BCUT2D eigenvalue weighted by molar-refractivity contribution is -0.139. The number of benzene rings is 2. The van der Waals surface area contributed by atoms with Crippen molar-refractivity contribution in [2.24, 2.45) is 0 Å². The van der Waals surface area contributed by atoms with Gasteiger partial charge >= 0.3 is 11.7 Å². The van der Waals surface area contributed by atoms with Crippen molar-refractivity contribution in [3.63, 3.8) is 0 Å². The van der Waals surface area contributed by atoms with E-state index < -0.39 is 18.3 Å². The fraction of sp³-hybridized carbons (Fsp3) is 0.348. The number of rotatable bonds is 9. The van der Waals surface area contributed by atoms with Crippen molar-refractivity contribution >= 4 is 35.4 Å². The molecule has 3 N–H and O–H groups in total. The molecule has 0 aliphatic carbocycles. The average molecular weight is 476 g/mol. The van der Waals surface area contributed by atoms with Crippen LogP contribution in [0.2, 0.25) is 0 Å². The summed E-state index contributed by atoms with van der Waals surface area (Å²) in [5.74, 6) is -1.29. The molecule has 2 aromatic carbocycles. The average Bonchev–Trinajstić information content (AvgIpc) is 3.40. The van der Waals surface area contributed by atoms with Crippen molar-refractivity contribution < 1.29 is 23.8 Å². The molecule has 1 amide bonds. The summed E-state index contributed by atoms with van der Waals surface area (Å²) < 4.78 is 10.3. The Morgan fingerprint density at radius 3 is 2.73 bits per heavy atom. The molecule has 33 heavy (non-hydrogen) atoms. The SMILES string of the molecule is Cl.O=C(O)COc1cccc(C(CN2CCCC2)NC(=O)Cc2ccc3oc(=O)[nH]c3c2)c1. The first-order valence-electron chi connectivity index (χ1n) is 10.5. The zero-order valence-corrected chi connectivity index (χ0v) is 18.7. The summed E-state index contributed by atoms with van der Waals surface area (Å²) in [4.78, 5) is 39.9. The number of halogens is 1. The number of fused-ring (bicyclic) bond motifs is 1. The zero-order valence-electron chi connectivity index (χ0n) is 17.9. The van der Waals surface area contributed by atoms with Crippen molar-refractivity contribution in [2.45, 2.75) is 25.3 Å². The molecule has 1 atom stereocenters. The minimum Gasteiger partial charge on any atom is -0.482 e. The highest BCUT2D eigenvalue weighted by Crippen LogP contribution is 2.22. The van der Waals surface area contributed by atoms with Gasteiger partial charge in [0.05, 0.1) is 18.0 Å². The molecule has 1 saturated heterocycles. The van der Waals surface area contributed by atoms with Gasteiger partial charge in [-0.15, -0.1) is 12.4 Å². The van der Waals surface area contributed by atoms with E-state index >= 15 is 0 Å². The smallest absolute Gasteiger partial charge is 0.417 e. The first-order valence-corrected chi connectivity index (χ1v) is 10.5. The molecular weight excluding hydrogens is 450 g/mol. The topological polar surface area (TPSA) is 125 Å². The lowest BCUT2D eigenvalue weighted by Crippen LogP contribution is -2.37. The van der Waals surface area contributed by atoms with E-state index in [2.05, 4.69) is 15.2 Å². The van der Waals surface area contributed by atoms with Crippen molar-refractivity contribution in [3.05, 3.63) is 64.1 Å². The van der Waals surface area contributed by atoms with E-state index in [1.54, 1.807) is 36.4 Å². The third kappa shape index (κ3) is 6.59. The Bertz CT molecular complexity index is 1170. The zero-order chi connectivity index (χ0) is 22.5. The summed E-state index contributed by atoms with van der Waals surface area (Å²) in [7, 11) is 0. The van der Waals surface area contributed by atoms with E-state index in [0.29, 0.717) is 23.4 Å². The molecule has 0 saturated carbocycles. The van der Waals surface area contributed by atoms with Gasteiger partial charge in [-0.3, -0.25) is 9.78 Å². The normalized spacial score (nSPS) is 14.5. The molecule has 1 fully saturated rings. The predicted octanol–water partition coefficient (Wildman–Crippen LogP) is 2.50. The summed E-state index contributed by atoms with van der Waals surface area (Å²) in [6.45, 7) is 2.19. The number of carboxylic acid groups (broad SMARTS) is 1. The molecule has 0 bridgehead atoms. The number of hydrogen-bond acceptors (Lipinski definition) is 6. The Kier molecular flexibility index (Phi) is 8.13. The Hall–Kier alpha value is -3.30. The Balaban J connectivity index is 0.00000306. The highest BCUT2D eigenvalue weighted by atomic mass is 35.5. The highest BCUT2D eigenvalue weighted by Gasteiger charge is 2.21. The molecule has 1 aliphatic rings. The number of amides is 1. The van der Waals surface area contributed by atoms with Gasteiger partial charge in [0.1, 0.15) is 5.75 Å². The summed E-state index contributed by atoms with van der Waals surface area (Å²) in [6.07, 6.45) is 2.41. The van der Waals surface area contributed by atoms with Crippen LogP contribution in [0.5, 0.6) is 5.75 Å². The number of carbonyl (C=O) groups excluding carboxylic acids is 1. The first kappa shape index (κ1) is 24.3. The number of aliphatic carboxylic acids is 1. The van der Waals surface area contributed by atoms with E-state index in [9.17, 15) is 14.4 Å². The fourth-order valence-electron chi connectivity index (χ4n) is 3.96. The number of carbonyl (C=O) groups is 2. The number of aromatic nitrogens is 1. The molecular formula is C23H26ClN3O6. The lowest BCUT2D eigenvalue weighted by atomic mass is 10.0. The van der Waals surface area contributed by atoms with Crippen LogP contribution in [0.1, 0.15) is 30.0 Å². The molecule has 9 nitrogen and oxygen atoms in total. The minimum absolute atomic E-state index is 0. The van der Waals surface area contributed by atoms with Crippen molar-refractivity contribution in [1.82, 2.24) is 15.2 Å². The molecule has 4 rings (SSSR count). The highest BCUT2D eigenvalue weighted by molar-refractivity contribution is 5.85. The summed E-state index contributed by atoms with van der Waals surface area (Å²) >= 11 is 0. The Labute approximate surface area is 196 Å². The van der Waals surface area contributed by atoms with Gasteiger partial charge < -0.3 is 24.5 Å². The molecule has 1 unspecified atom stereocenters. The third-order valence-electron chi connectivity index (χ3n) is 5.45. The number of carboxylic acids is 1. The van der Waals surface area contributed by atoms with Gasteiger partial charge in [0.2, 0.25) is 5.91 Å². The Morgan fingerprint density at radius 2 is 1.97 bits per heavy atom. The van der Waals surface area contributed by atoms with E-state index in [-0.39, 0.29) is 30.8 Å². The number of oxazole rings is 1. The monoisotopic (exact) mass is 475 g/mol. The molecule has 0 radical (unpaired) electrons. The predicted molar refractivity (Wildman–Crippen MR) is 124 cm³/mol. The second-order valence-corrected chi connectivity index (χ2v) is 7.90. The second-order valence-electron chi connectivity index (χ2n) is 7.90. The van der Waals surface area contributed by atoms with Gasteiger partial charge in [-0.1, -0.05) is 18.2 Å². The molecule has 1 aliphatic heterocycles. The van der Waals surface area contributed by atoms with Crippen molar-refractivity contribution in [1.29, 1.82) is 0 Å². The van der Waals surface area contributed by atoms with Gasteiger partial charge in [0.25, 0.3) is 0 Å². The third-order valence-corrected chi connectivity index (χ3v) is 5.45.